The third-order valence-corrected chi connectivity index (χ3v) is 4.44. The second-order valence-electron chi connectivity index (χ2n) is 6.37. The van der Waals surface area contributed by atoms with E-state index in [0.29, 0.717) is 31.5 Å². The number of carbonyl (C=O) groups is 1. The molecule has 0 unspecified atom stereocenters. The summed E-state index contributed by atoms with van der Waals surface area (Å²) in [5.74, 6) is -0.271. The molecule has 0 bridgehead atoms. The molecular weight excluding hydrogens is 293 g/mol. The number of benzene rings is 2. The standard InChI is InChI=1S/C19H20FNO2/c1-19(23)10-12-21(13-11-19)18(22)16-4-2-14(3-5-16)15-6-8-17(20)9-7-15/h2-9,23H,10-13H2,1H3. The molecule has 2 aromatic carbocycles. The normalized spacial score (nSPS) is 17.1. The predicted molar refractivity (Wildman–Crippen MR) is 87.6 cm³/mol. The molecule has 0 atom stereocenters. The molecule has 23 heavy (non-hydrogen) atoms. The zero-order chi connectivity index (χ0) is 16.4. The lowest BCUT2D eigenvalue weighted by molar-refractivity contribution is -0.00202. The van der Waals surface area contributed by atoms with E-state index in [1.54, 1.807) is 29.2 Å². The molecule has 1 saturated heterocycles. The Hall–Kier alpha value is -2.20. The summed E-state index contributed by atoms with van der Waals surface area (Å²) >= 11 is 0. The zero-order valence-corrected chi connectivity index (χ0v) is 13.1. The number of nitrogens with zero attached hydrogens (tertiary/aromatic N) is 1. The Morgan fingerprint density at radius 2 is 1.48 bits per heavy atom. The summed E-state index contributed by atoms with van der Waals surface area (Å²) in [7, 11) is 0. The minimum atomic E-state index is -0.663. The van der Waals surface area contributed by atoms with Crippen LogP contribution in [0, 0.1) is 5.82 Å². The third kappa shape index (κ3) is 3.59. The van der Waals surface area contributed by atoms with Gasteiger partial charge in [0.15, 0.2) is 0 Å². The summed E-state index contributed by atoms with van der Waals surface area (Å²) in [5.41, 5.74) is 1.84. The Morgan fingerprint density at radius 1 is 1.00 bits per heavy atom. The molecule has 0 saturated carbocycles. The van der Waals surface area contributed by atoms with Crippen LogP contribution in [-0.4, -0.2) is 34.6 Å². The van der Waals surface area contributed by atoms with Crippen LogP contribution in [0.15, 0.2) is 48.5 Å². The van der Waals surface area contributed by atoms with Gasteiger partial charge in [0, 0.05) is 18.7 Å². The van der Waals surface area contributed by atoms with Crippen molar-refractivity contribution in [3.63, 3.8) is 0 Å². The number of aliphatic hydroxyl groups is 1. The van der Waals surface area contributed by atoms with Crippen LogP contribution < -0.4 is 0 Å². The first-order valence-electron chi connectivity index (χ1n) is 7.82. The van der Waals surface area contributed by atoms with Crippen molar-refractivity contribution in [2.24, 2.45) is 0 Å². The van der Waals surface area contributed by atoms with Crippen LogP contribution in [0.2, 0.25) is 0 Å². The maximum absolute atomic E-state index is 13.0. The molecule has 1 aliphatic rings. The third-order valence-electron chi connectivity index (χ3n) is 4.44. The Kier molecular flexibility index (Phi) is 4.18. The van der Waals surface area contributed by atoms with E-state index in [9.17, 15) is 14.3 Å². The highest BCUT2D eigenvalue weighted by atomic mass is 19.1. The second-order valence-corrected chi connectivity index (χ2v) is 6.37. The van der Waals surface area contributed by atoms with E-state index < -0.39 is 5.60 Å². The fourth-order valence-electron chi connectivity index (χ4n) is 2.82. The first-order chi connectivity index (χ1) is 10.9. The largest absolute Gasteiger partial charge is 0.390 e. The Labute approximate surface area is 135 Å². The predicted octanol–water partition coefficient (Wildman–Crippen LogP) is 3.48. The quantitative estimate of drug-likeness (QED) is 0.922. The fraction of sp³-hybridized carbons (Fsp3) is 0.316. The monoisotopic (exact) mass is 313 g/mol. The molecule has 3 rings (SSSR count). The average Bonchev–Trinajstić information content (AvgIpc) is 2.55. The lowest BCUT2D eigenvalue weighted by atomic mass is 9.93. The van der Waals surface area contributed by atoms with Crippen molar-refractivity contribution in [1.82, 2.24) is 4.90 Å². The summed E-state index contributed by atoms with van der Waals surface area (Å²) in [5, 5.41) is 9.96. The first kappa shape index (κ1) is 15.7. The number of hydrogen-bond acceptors (Lipinski definition) is 2. The number of amides is 1. The van der Waals surface area contributed by atoms with E-state index in [2.05, 4.69) is 0 Å². The van der Waals surface area contributed by atoms with Gasteiger partial charge in [0.2, 0.25) is 0 Å². The van der Waals surface area contributed by atoms with Gasteiger partial charge in [0.1, 0.15) is 5.82 Å². The minimum absolute atomic E-state index is 0.00819. The van der Waals surface area contributed by atoms with Crippen molar-refractivity contribution in [2.75, 3.05) is 13.1 Å². The molecule has 1 amide bonds. The zero-order valence-electron chi connectivity index (χ0n) is 13.1. The highest BCUT2D eigenvalue weighted by molar-refractivity contribution is 5.94. The molecule has 0 radical (unpaired) electrons. The molecule has 1 fully saturated rings. The van der Waals surface area contributed by atoms with Gasteiger partial charge in [-0.3, -0.25) is 4.79 Å². The van der Waals surface area contributed by atoms with Crippen LogP contribution in [0.5, 0.6) is 0 Å². The van der Waals surface area contributed by atoms with Gasteiger partial charge in [0.25, 0.3) is 5.91 Å². The second kappa shape index (κ2) is 6.13. The van der Waals surface area contributed by atoms with E-state index >= 15 is 0 Å². The Bertz CT molecular complexity index is 682. The molecule has 1 heterocycles. The van der Waals surface area contributed by atoms with Crippen molar-refractivity contribution in [2.45, 2.75) is 25.4 Å². The lowest BCUT2D eigenvalue weighted by Crippen LogP contribution is -2.45. The molecule has 2 aromatic rings. The molecule has 4 heteroatoms. The summed E-state index contributed by atoms with van der Waals surface area (Å²) in [6.07, 6.45) is 1.21. The first-order valence-corrected chi connectivity index (χ1v) is 7.82. The summed E-state index contributed by atoms with van der Waals surface area (Å²) in [6.45, 7) is 2.96. The summed E-state index contributed by atoms with van der Waals surface area (Å²) in [6, 6.07) is 13.6. The highest BCUT2D eigenvalue weighted by Gasteiger charge is 2.29. The number of hydrogen-bond donors (Lipinski definition) is 1. The van der Waals surface area contributed by atoms with Gasteiger partial charge in [-0.1, -0.05) is 24.3 Å². The van der Waals surface area contributed by atoms with Crippen molar-refractivity contribution in [3.05, 3.63) is 59.9 Å². The smallest absolute Gasteiger partial charge is 0.253 e. The Balaban J connectivity index is 1.72. The van der Waals surface area contributed by atoms with Crippen LogP contribution in [0.1, 0.15) is 30.1 Å². The van der Waals surface area contributed by atoms with Crippen LogP contribution in [0.25, 0.3) is 11.1 Å². The van der Waals surface area contributed by atoms with Gasteiger partial charge in [0.05, 0.1) is 5.60 Å². The van der Waals surface area contributed by atoms with E-state index in [1.807, 2.05) is 19.1 Å². The molecule has 0 aromatic heterocycles. The average molecular weight is 313 g/mol. The van der Waals surface area contributed by atoms with Gasteiger partial charge >= 0.3 is 0 Å². The molecule has 120 valence electrons. The SMILES string of the molecule is CC1(O)CCN(C(=O)c2ccc(-c3ccc(F)cc3)cc2)CC1. The number of rotatable bonds is 2. The molecule has 0 aliphatic carbocycles. The van der Waals surface area contributed by atoms with Gasteiger partial charge in [-0.25, -0.2) is 4.39 Å². The summed E-state index contributed by atoms with van der Waals surface area (Å²) in [4.78, 5) is 14.3. The highest BCUT2D eigenvalue weighted by Crippen LogP contribution is 2.24. The fourth-order valence-corrected chi connectivity index (χ4v) is 2.82. The van der Waals surface area contributed by atoms with E-state index in [4.69, 9.17) is 0 Å². The van der Waals surface area contributed by atoms with Gasteiger partial charge in [-0.15, -0.1) is 0 Å². The maximum Gasteiger partial charge on any atom is 0.253 e. The van der Waals surface area contributed by atoms with Crippen LogP contribution >= 0.6 is 0 Å². The maximum atomic E-state index is 13.0. The van der Waals surface area contributed by atoms with Crippen LogP contribution in [0.3, 0.4) is 0 Å². The molecule has 3 nitrogen and oxygen atoms in total. The molecule has 1 N–H and O–H groups in total. The van der Waals surface area contributed by atoms with Crippen molar-refractivity contribution >= 4 is 5.91 Å². The number of likely N-dealkylation sites (tertiary alicyclic amines) is 1. The number of carbonyl (C=O) groups excluding carboxylic acids is 1. The molecule has 0 spiro atoms. The van der Waals surface area contributed by atoms with Gasteiger partial charge < -0.3 is 10.0 Å². The lowest BCUT2D eigenvalue weighted by Gasteiger charge is -2.35. The van der Waals surface area contributed by atoms with E-state index in [-0.39, 0.29) is 11.7 Å². The minimum Gasteiger partial charge on any atom is -0.390 e. The summed E-state index contributed by atoms with van der Waals surface area (Å²) < 4.78 is 13.0. The van der Waals surface area contributed by atoms with Crippen molar-refractivity contribution < 1.29 is 14.3 Å². The molecule has 1 aliphatic heterocycles. The Morgan fingerprint density at radius 3 is 2.00 bits per heavy atom. The van der Waals surface area contributed by atoms with Crippen molar-refractivity contribution in [3.8, 4) is 11.1 Å². The van der Waals surface area contributed by atoms with Gasteiger partial charge in [-0.05, 0) is 55.2 Å². The topological polar surface area (TPSA) is 40.5 Å². The van der Waals surface area contributed by atoms with E-state index in [0.717, 1.165) is 11.1 Å². The van der Waals surface area contributed by atoms with E-state index in [1.165, 1.54) is 12.1 Å². The number of piperidine rings is 1. The van der Waals surface area contributed by atoms with Crippen LogP contribution in [0.4, 0.5) is 4.39 Å². The van der Waals surface area contributed by atoms with Gasteiger partial charge in [-0.2, -0.15) is 0 Å². The van der Waals surface area contributed by atoms with Crippen molar-refractivity contribution in [1.29, 1.82) is 0 Å². The van der Waals surface area contributed by atoms with Crippen LogP contribution in [-0.2, 0) is 0 Å². The molecular formula is C19H20FNO2. The number of halogens is 1.